The molecule has 2 aromatic rings. The number of benzene rings is 2. The highest BCUT2D eigenvalue weighted by Crippen LogP contribution is 2.61. The number of amides is 1. The number of carbonyl (C=O) groups is 1. The summed E-state index contributed by atoms with van der Waals surface area (Å²) in [5.74, 6) is 3.29. The van der Waals surface area contributed by atoms with Crippen molar-refractivity contribution in [3.05, 3.63) is 58.1 Å². The number of ether oxygens (including phenoxy) is 1. The van der Waals surface area contributed by atoms with Crippen molar-refractivity contribution in [2.45, 2.75) is 58.4 Å². The Kier molecular flexibility index (Phi) is 6.89. The summed E-state index contributed by atoms with van der Waals surface area (Å²) in [7, 11) is 0. The van der Waals surface area contributed by atoms with Crippen molar-refractivity contribution in [3.63, 3.8) is 0 Å². The zero-order valence-electron chi connectivity index (χ0n) is 23.1. The minimum atomic E-state index is -0.272. The molecule has 0 aromatic heterocycles. The molecule has 1 atom stereocenters. The average molecular weight is 533 g/mol. The van der Waals surface area contributed by atoms with Gasteiger partial charge in [-0.2, -0.15) is 0 Å². The molecule has 39 heavy (non-hydrogen) atoms. The second-order valence-corrected chi connectivity index (χ2v) is 12.3. The van der Waals surface area contributed by atoms with Crippen LogP contribution in [0, 0.1) is 33.3 Å². The first kappa shape index (κ1) is 26.0. The van der Waals surface area contributed by atoms with Gasteiger partial charge in [-0.15, -0.1) is 0 Å². The second-order valence-electron chi connectivity index (χ2n) is 12.3. The largest absolute Gasteiger partial charge is 0.494 e. The van der Waals surface area contributed by atoms with Crippen molar-refractivity contribution in [3.8, 4) is 5.75 Å². The summed E-state index contributed by atoms with van der Waals surface area (Å²) in [4.78, 5) is 28.8. The fourth-order valence-corrected chi connectivity index (χ4v) is 8.30. The van der Waals surface area contributed by atoms with Crippen LogP contribution in [0.4, 0.5) is 17.1 Å². The quantitative estimate of drug-likeness (QED) is 0.333. The summed E-state index contributed by atoms with van der Waals surface area (Å²) in [5, 5.41) is 15.6. The summed E-state index contributed by atoms with van der Waals surface area (Å²) in [6.45, 7) is 7.36. The van der Waals surface area contributed by atoms with E-state index in [-0.39, 0.29) is 28.0 Å². The molecule has 5 fully saturated rings. The highest BCUT2D eigenvalue weighted by atomic mass is 16.6. The van der Waals surface area contributed by atoms with Crippen LogP contribution in [0.25, 0.3) is 0 Å². The van der Waals surface area contributed by atoms with E-state index in [1.165, 1.54) is 38.5 Å². The highest BCUT2D eigenvalue weighted by molar-refractivity contribution is 5.94. The van der Waals surface area contributed by atoms with Crippen LogP contribution in [0.1, 0.15) is 62.7 Å². The summed E-state index contributed by atoms with van der Waals surface area (Å²) < 4.78 is 5.49. The van der Waals surface area contributed by atoms with Gasteiger partial charge in [-0.05, 0) is 112 Å². The number of carbonyl (C=O) groups excluding carboxylic acids is 1. The first-order valence-corrected chi connectivity index (χ1v) is 14.7. The van der Waals surface area contributed by atoms with E-state index in [0.717, 1.165) is 29.2 Å². The van der Waals surface area contributed by atoms with Gasteiger partial charge in [0.2, 0.25) is 0 Å². The lowest BCUT2D eigenvalue weighted by atomic mass is 9.48. The van der Waals surface area contributed by atoms with Gasteiger partial charge in [0, 0.05) is 49.5 Å². The zero-order valence-corrected chi connectivity index (χ0v) is 23.1. The summed E-state index contributed by atoms with van der Waals surface area (Å²) >= 11 is 0. The van der Waals surface area contributed by atoms with E-state index < -0.39 is 0 Å². The zero-order chi connectivity index (χ0) is 27.1. The van der Waals surface area contributed by atoms with Gasteiger partial charge in [0.05, 0.1) is 11.5 Å². The first-order chi connectivity index (χ1) is 18.8. The number of piperazine rings is 1. The molecule has 0 unspecified atom stereocenters. The fourth-order valence-electron chi connectivity index (χ4n) is 8.30. The lowest BCUT2D eigenvalue weighted by Crippen LogP contribution is -2.53. The third-order valence-corrected chi connectivity index (χ3v) is 9.90. The summed E-state index contributed by atoms with van der Waals surface area (Å²) in [6, 6.07) is 13.0. The maximum atomic E-state index is 13.1. The minimum absolute atomic E-state index is 0.0214. The Hall–Kier alpha value is -3.29. The highest BCUT2D eigenvalue weighted by Gasteiger charge is 2.53. The molecule has 8 heteroatoms. The molecule has 1 saturated heterocycles. The number of rotatable bonds is 8. The fraction of sp³-hybridized carbons (Fsp3) is 0.581. The van der Waals surface area contributed by atoms with E-state index in [1.54, 1.807) is 6.07 Å². The molecular weight excluding hydrogens is 492 g/mol. The maximum Gasteiger partial charge on any atom is 0.292 e. The number of nitro groups is 1. The van der Waals surface area contributed by atoms with Crippen molar-refractivity contribution >= 4 is 23.0 Å². The smallest absolute Gasteiger partial charge is 0.292 e. The van der Waals surface area contributed by atoms with E-state index in [4.69, 9.17) is 4.74 Å². The van der Waals surface area contributed by atoms with E-state index in [9.17, 15) is 14.9 Å². The molecule has 1 amide bonds. The molecule has 5 aliphatic rings. The van der Waals surface area contributed by atoms with Gasteiger partial charge in [0.15, 0.2) is 0 Å². The molecule has 4 bridgehead atoms. The monoisotopic (exact) mass is 532 g/mol. The maximum absolute atomic E-state index is 13.1. The number of anilines is 2. The van der Waals surface area contributed by atoms with Crippen LogP contribution < -0.4 is 15.0 Å². The van der Waals surface area contributed by atoms with Crippen LogP contribution in [-0.4, -0.2) is 54.6 Å². The minimum Gasteiger partial charge on any atom is -0.494 e. The molecule has 4 saturated carbocycles. The normalized spacial score (nSPS) is 28.3. The Morgan fingerprint density at radius 1 is 1.03 bits per heavy atom. The topological polar surface area (TPSA) is 88.0 Å². The van der Waals surface area contributed by atoms with E-state index >= 15 is 0 Å². The van der Waals surface area contributed by atoms with Gasteiger partial charge in [-0.25, -0.2) is 0 Å². The van der Waals surface area contributed by atoms with Crippen LogP contribution in [0.5, 0.6) is 5.75 Å². The number of hydrogen-bond acceptors (Lipinski definition) is 6. The number of hydrogen-bond donors (Lipinski definition) is 1. The van der Waals surface area contributed by atoms with Gasteiger partial charge in [-0.1, -0.05) is 0 Å². The lowest BCUT2D eigenvalue weighted by molar-refractivity contribution is -0.384. The predicted molar refractivity (Wildman–Crippen MR) is 153 cm³/mol. The van der Waals surface area contributed by atoms with Crippen molar-refractivity contribution in [2.75, 3.05) is 43.0 Å². The van der Waals surface area contributed by atoms with E-state index in [1.807, 2.05) is 48.2 Å². The first-order valence-electron chi connectivity index (χ1n) is 14.7. The third-order valence-electron chi connectivity index (χ3n) is 9.90. The summed E-state index contributed by atoms with van der Waals surface area (Å²) in [6.07, 6.45) is 7.92. The van der Waals surface area contributed by atoms with Crippen molar-refractivity contribution < 1.29 is 14.5 Å². The third kappa shape index (κ3) is 5.06. The van der Waals surface area contributed by atoms with E-state index in [0.29, 0.717) is 44.0 Å². The SMILES string of the molecule is CCOc1ccc(C(=O)N2CCN(c3ccc([N+](=O)[O-])c(N[C@@H](C)C45CC6CC(CC(C6)C4)C5)c3)CC2)cc1. The van der Waals surface area contributed by atoms with Crippen molar-refractivity contribution in [1.82, 2.24) is 4.90 Å². The Morgan fingerprint density at radius 3 is 2.21 bits per heavy atom. The summed E-state index contributed by atoms with van der Waals surface area (Å²) in [5.41, 5.74) is 2.64. The predicted octanol–water partition coefficient (Wildman–Crippen LogP) is 5.97. The molecule has 208 valence electrons. The van der Waals surface area contributed by atoms with Gasteiger partial charge in [-0.3, -0.25) is 14.9 Å². The van der Waals surface area contributed by atoms with Gasteiger partial charge < -0.3 is 19.9 Å². The molecule has 8 nitrogen and oxygen atoms in total. The molecule has 1 heterocycles. The Labute approximate surface area is 230 Å². The molecule has 0 radical (unpaired) electrons. The van der Waals surface area contributed by atoms with E-state index in [2.05, 4.69) is 17.1 Å². The second kappa shape index (κ2) is 10.4. The van der Waals surface area contributed by atoms with Gasteiger partial charge >= 0.3 is 0 Å². The van der Waals surface area contributed by atoms with Crippen LogP contribution in [0.15, 0.2) is 42.5 Å². The lowest BCUT2D eigenvalue weighted by Gasteiger charge is -2.59. The van der Waals surface area contributed by atoms with Crippen molar-refractivity contribution in [2.24, 2.45) is 23.2 Å². The molecule has 4 aliphatic carbocycles. The van der Waals surface area contributed by atoms with Crippen LogP contribution in [-0.2, 0) is 0 Å². The molecule has 0 spiro atoms. The number of nitrogens with zero attached hydrogens (tertiary/aromatic N) is 3. The Morgan fingerprint density at radius 2 is 1.64 bits per heavy atom. The van der Waals surface area contributed by atoms with Gasteiger partial charge in [0.25, 0.3) is 11.6 Å². The molecular formula is C31H40N4O4. The van der Waals surface area contributed by atoms with Crippen LogP contribution in [0.3, 0.4) is 0 Å². The number of nitro benzene ring substituents is 1. The Balaban J connectivity index is 1.13. The van der Waals surface area contributed by atoms with Crippen LogP contribution >= 0.6 is 0 Å². The van der Waals surface area contributed by atoms with Crippen molar-refractivity contribution in [1.29, 1.82) is 0 Å². The van der Waals surface area contributed by atoms with Gasteiger partial charge in [0.1, 0.15) is 11.4 Å². The standard InChI is InChI=1S/C31H40N4O4/c1-3-39-27-7-4-25(5-8-27)30(36)34-12-10-33(11-13-34)26-6-9-29(35(37)38)28(17-26)32-21(2)31-18-22-14-23(19-31)16-24(15-22)20-31/h4-9,17,21-24,32H,3,10-16,18-20H2,1-2H3/t21-,22?,23?,24?,31?/m0/s1. The van der Waals surface area contributed by atoms with Crippen LogP contribution in [0.2, 0.25) is 0 Å². The molecule has 7 rings (SSSR count). The Bertz CT molecular complexity index is 1190. The average Bonchev–Trinajstić information content (AvgIpc) is 2.92. The molecule has 1 aliphatic heterocycles. The molecule has 1 N–H and O–H groups in total. The molecule has 2 aromatic carbocycles. The number of nitrogens with one attached hydrogen (secondary N) is 1.